The zero-order chi connectivity index (χ0) is 25.9. The molecule has 196 valence electrons. The Morgan fingerprint density at radius 1 is 0.842 bits per heavy atom. The molecule has 6 rings (SSSR count). The summed E-state index contributed by atoms with van der Waals surface area (Å²) in [6.07, 6.45) is 2.04. The van der Waals surface area contributed by atoms with Gasteiger partial charge in [-0.2, -0.15) is 0 Å². The Balaban J connectivity index is 1.09. The second-order valence-electron chi connectivity index (χ2n) is 10.7. The maximum absolute atomic E-state index is 13.6. The fourth-order valence-electron chi connectivity index (χ4n) is 6.28. The maximum atomic E-state index is 13.6. The summed E-state index contributed by atoms with van der Waals surface area (Å²) in [6.45, 7) is 5.98. The van der Waals surface area contributed by atoms with Gasteiger partial charge in [0.1, 0.15) is 5.82 Å². The summed E-state index contributed by atoms with van der Waals surface area (Å²) in [4.78, 5) is 25.6. The van der Waals surface area contributed by atoms with Crippen molar-refractivity contribution >= 4 is 16.9 Å². The van der Waals surface area contributed by atoms with E-state index in [1.807, 2.05) is 6.07 Å². The smallest absolute Gasteiger partial charge is 0.227 e. The number of hydrogen-bond donors (Lipinski definition) is 0. The minimum atomic E-state index is 0.0732. The molecule has 0 aliphatic carbocycles. The van der Waals surface area contributed by atoms with Crippen LogP contribution in [0.25, 0.3) is 11.0 Å². The second-order valence-corrected chi connectivity index (χ2v) is 10.7. The molecule has 3 aromatic carbocycles. The molecule has 2 aliphatic rings. The molecule has 38 heavy (non-hydrogen) atoms. The van der Waals surface area contributed by atoms with E-state index in [4.69, 9.17) is 4.98 Å². The fourth-order valence-corrected chi connectivity index (χ4v) is 6.28. The first-order valence-electron chi connectivity index (χ1n) is 13.9. The fraction of sp³-hybridized carbons (Fsp3) is 0.375. The minimum absolute atomic E-state index is 0.0732. The van der Waals surface area contributed by atoms with Crippen molar-refractivity contribution in [3.63, 3.8) is 0 Å². The number of fused-ring (bicyclic) bond motifs is 1. The van der Waals surface area contributed by atoms with Crippen LogP contribution in [-0.2, 0) is 18.4 Å². The van der Waals surface area contributed by atoms with Crippen molar-refractivity contribution in [1.82, 2.24) is 24.3 Å². The number of carbonyl (C=O) groups is 1. The van der Waals surface area contributed by atoms with E-state index >= 15 is 0 Å². The van der Waals surface area contributed by atoms with Crippen molar-refractivity contribution in [2.45, 2.75) is 25.4 Å². The van der Waals surface area contributed by atoms with Gasteiger partial charge in [-0.1, -0.05) is 72.8 Å². The van der Waals surface area contributed by atoms with Crippen LogP contribution < -0.4 is 0 Å². The normalized spacial score (nSPS) is 19.3. The Hall–Kier alpha value is -3.48. The summed E-state index contributed by atoms with van der Waals surface area (Å²) in [6, 6.07) is 30.0. The topological polar surface area (TPSA) is 44.6 Å². The molecule has 2 fully saturated rings. The van der Waals surface area contributed by atoms with Gasteiger partial charge in [-0.05, 0) is 42.6 Å². The maximum Gasteiger partial charge on any atom is 0.227 e. The van der Waals surface area contributed by atoms with E-state index in [1.165, 1.54) is 11.1 Å². The number of benzene rings is 3. The molecule has 1 amide bonds. The summed E-state index contributed by atoms with van der Waals surface area (Å²) >= 11 is 0. The van der Waals surface area contributed by atoms with Crippen LogP contribution in [-0.4, -0.2) is 69.4 Å². The van der Waals surface area contributed by atoms with E-state index in [0.29, 0.717) is 5.91 Å². The first-order valence-corrected chi connectivity index (χ1v) is 13.9. The summed E-state index contributed by atoms with van der Waals surface area (Å²) in [7, 11) is 2.09. The molecule has 2 aliphatic heterocycles. The van der Waals surface area contributed by atoms with Gasteiger partial charge in [0.15, 0.2) is 0 Å². The standard InChI is InChI=1S/C32H37N5O/c1-34-29-17-9-8-16-28(29)33-30(34)24-35-18-10-15-27(23-35)32(38)37-21-19-36(20-22-37)31(25-11-4-2-5-12-25)26-13-6-3-7-14-26/h2-9,11-14,16-17,27,31H,10,15,18-24H2,1H3/t27-/m1/s1. The lowest BCUT2D eigenvalue weighted by molar-refractivity contribution is -0.139. The van der Waals surface area contributed by atoms with Crippen LogP contribution in [0.3, 0.4) is 0 Å². The molecule has 6 nitrogen and oxygen atoms in total. The predicted molar refractivity (Wildman–Crippen MR) is 152 cm³/mol. The Labute approximate surface area is 225 Å². The molecular formula is C32H37N5O. The molecule has 0 saturated carbocycles. The molecule has 0 N–H and O–H groups in total. The van der Waals surface area contributed by atoms with E-state index in [9.17, 15) is 4.79 Å². The van der Waals surface area contributed by atoms with Crippen molar-refractivity contribution in [1.29, 1.82) is 0 Å². The molecule has 0 spiro atoms. The predicted octanol–water partition coefficient (Wildman–Crippen LogP) is 4.72. The SMILES string of the molecule is Cn1c(CN2CCC[C@@H](C(=O)N3CCN(C(c4ccccc4)c4ccccc4)CC3)C2)nc2ccccc21. The van der Waals surface area contributed by atoms with Crippen molar-refractivity contribution in [2.24, 2.45) is 13.0 Å². The third-order valence-electron chi connectivity index (χ3n) is 8.32. The van der Waals surface area contributed by atoms with E-state index in [1.54, 1.807) is 0 Å². The third kappa shape index (κ3) is 5.11. The first kappa shape index (κ1) is 24.8. The molecule has 1 aromatic heterocycles. The van der Waals surface area contributed by atoms with Gasteiger partial charge in [-0.3, -0.25) is 14.6 Å². The number of rotatable bonds is 6. The Morgan fingerprint density at radius 2 is 1.47 bits per heavy atom. The number of nitrogens with zero attached hydrogens (tertiary/aromatic N) is 5. The summed E-state index contributed by atoms with van der Waals surface area (Å²) in [5.41, 5.74) is 4.82. The highest BCUT2D eigenvalue weighted by Gasteiger charge is 2.33. The highest BCUT2D eigenvalue weighted by atomic mass is 16.2. The lowest BCUT2D eigenvalue weighted by Crippen LogP contribution is -2.53. The van der Waals surface area contributed by atoms with Crippen LogP contribution in [0.2, 0.25) is 0 Å². The minimum Gasteiger partial charge on any atom is -0.340 e. The largest absolute Gasteiger partial charge is 0.340 e. The van der Waals surface area contributed by atoms with Gasteiger partial charge in [0, 0.05) is 39.8 Å². The van der Waals surface area contributed by atoms with E-state index in [-0.39, 0.29) is 12.0 Å². The molecular weight excluding hydrogens is 470 g/mol. The van der Waals surface area contributed by atoms with Gasteiger partial charge in [-0.25, -0.2) is 4.98 Å². The Kier molecular flexibility index (Phi) is 7.25. The van der Waals surface area contributed by atoms with Crippen molar-refractivity contribution in [2.75, 3.05) is 39.3 Å². The molecule has 0 radical (unpaired) electrons. The quantitative estimate of drug-likeness (QED) is 0.379. The number of imidazole rings is 1. The van der Waals surface area contributed by atoms with Crippen molar-refractivity contribution in [3.8, 4) is 0 Å². The number of hydrogen-bond acceptors (Lipinski definition) is 4. The van der Waals surface area contributed by atoms with Crippen LogP contribution in [0, 0.1) is 5.92 Å². The van der Waals surface area contributed by atoms with E-state index in [0.717, 1.165) is 75.5 Å². The number of para-hydroxylation sites is 2. The molecule has 0 bridgehead atoms. The van der Waals surface area contributed by atoms with Gasteiger partial charge in [0.25, 0.3) is 0 Å². The number of piperazine rings is 1. The number of amides is 1. The summed E-state index contributed by atoms with van der Waals surface area (Å²) in [5, 5.41) is 0. The monoisotopic (exact) mass is 507 g/mol. The van der Waals surface area contributed by atoms with E-state index < -0.39 is 0 Å². The van der Waals surface area contributed by atoms with Gasteiger partial charge in [0.05, 0.1) is 29.5 Å². The molecule has 2 saturated heterocycles. The van der Waals surface area contributed by atoms with Gasteiger partial charge in [-0.15, -0.1) is 0 Å². The van der Waals surface area contributed by atoms with Crippen LogP contribution in [0.15, 0.2) is 84.9 Å². The van der Waals surface area contributed by atoms with Crippen LogP contribution in [0.4, 0.5) is 0 Å². The lowest BCUT2D eigenvalue weighted by atomic mass is 9.95. The van der Waals surface area contributed by atoms with Crippen LogP contribution in [0.5, 0.6) is 0 Å². The Morgan fingerprint density at radius 3 is 2.13 bits per heavy atom. The molecule has 6 heteroatoms. The number of aromatic nitrogens is 2. The number of piperidine rings is 1. The zero-order valence-electron chi connectivity index (χ0n) is 22.2. The third-order valence-corrected chi connectivity index (χ3v) is 8.32. The average molecular weight is 508 g/mol. The van der Waals surface area contributed by atoms with Gasteiger partial charge in [0.2, 0.25) is 5.91 Å². The first-order chi connectivity index (χ1) is 18.7. The van der Waals surface area contributed by atoms with Crippen molar-refractivity contribution < 1.29 is 4.79 Å². The lowest BCUT2D eigenvalue weighted by Gasteiger charge is -2.42. The molecule has 1 atom stereocenters. The van der Waals surface area contributed by atoms with Crippen molar-refractivity contribution in [3.05, 3.63) is 102 Å². The number of aryl methyl sites for hydroxylation is 1. The van der Waals surface area contributed by atoms with E-state index in [2.05, 4.69) is 105 Å². The highest BCUT2D eigenvalue weighted by molar-refractivity contribution is 5.79. The number of likely N-dealkylation sites (tertiary alicyclic amines) is 1. The van der Waals surface area contributed by atoms with Crippen LogP contribution in [0.1, 0.15) is 35.8 Å². The molecule has 0 unspecified atom stereocenters. The summed E-state index contributed by atoms with van der Waals surface area (Å²) < 4.78 is 2.19. The summed E-state index contributed by atoms with van der Waals surface area (Å²) in [5.74, 6) is 1.47. The van der Waals surface area contributed by atoms with Crippen LogP contribution >= 0.6 is 0 Å². The molecule has 4 aromatic rings. The van der Waals surface area contributed by atoms with Gasteiger partial charge < -0.3 is 9.47 Å². The highest BCUT2D eigenvalue weighted by Crippen LogP contribution is 2.30. The number of carbonyl (C=O) groups excluding carboxylic acids is 1. The zero-order valence-corrected chi connectivity index (χ0v) is 22.2. The van der Waals surface area contributed by atoms with Gasteiger partial charge >= 0.3 is 0 Å². The average Bonchev–Trinajstić information content (AvgIpc) is 3.29. The Bertz CT molecular complexity index is 1320. The molecule has 3 heterocycles. The second kappa shape index (κ2) is 11.1.